The number of primary amides is 1. The highest BCUT2D eigenvalue weighted by atomic mass is 35.5. The molecular formula is C12H17ClN4O2. The van der Waals surface area contributed by atoms with Crippen LogP contribution in [0.1, 0.15) is 24.2 Å². The number of nitrogens with zero attached hydrogens (tertiary/aromatic N) is 1. The van der Waals surface area contributed by atoms with Crippen LogP contribution in [0.5, 0.6) is 0 Å². The first kappa shape index (κ1) is 15.2. The van der Waals surface area contributed by atoms with Crippen molar-refractivity contribution in [1.29, 1.82) is 0 Å². The maximum atomic E-state index is 11.9. The third-order valence-electron chi connectivity index (χ3n) is 2.70. The molecule has 1 rings (SSSR count). The molecule has 0 radical (unpaired) electrons. The third-order valence-corrected chi connectivity index (χ3v) is 2.99. The van der Waals surface area contributed by atoms with Crippen molar-refractivity contribution < 1.29 is 9.59 Å². The van der Waals surface area contributed by atoms with Gasteiger partial charge in [0.25, 0.3) is 5.91 Å². The molecule has 0 bridgehead atoms. The Bertz CT molecular complexity index is 503. The molecule has 0 aromatic carbocycles. The molecule has 1 aromatic rings. The van der Waals surface area contributed by atoms with Crippen LogP contribution in [0.3, 0.4) is 0 Å². The number of halogens is 1. The lowest BCUT2D eigenvalue weighted by Gasteiger charge is -2.20. The van der Waals surface area contributed by atoms with Crippen LogP contribution in [-0.4, -0.2) is 30.4 Å². The number of nitrogens with one attached hydrogen (secondary N) is 2. The van der Waals surface area contributed by atoms with Gasteiger partial charge in [-0.2, -0.15) is 0 Å². The van der Waals surface area contributed by atoms with Crippen LogP contribution >= 0.6 is 11.6 Å². The van der Waals surface area contributed by atoms with Gasteiger partial charge in [-0.3, -0.25) is 9.59 Å². The van der Waals surface area contributed by atoms with Crippen LogP contribution in [0.25, 0.3) is 0 Å². The Kier molecular flexibility index (Phi) is 4.72. The normalized spacial score (nSPS) is 10.9. The lowest BCUT2D eigenvalue weighted by atomic mass is 9.93. The smallest absolute Gasteiger partial charge is 0.252 e. The first-order chi connectivity index (χ1) is 8.77. The van der Waals surface area contributed by atoms with Crippen molar-refractivity contribution in [3.8, 4) is 0 Å². The van der Waals surface area contributed by atoms with Crippen LogP contribution in [0.2, 0.25) is 5.02 Å². The van der Waals surface area contributed by atoms with Gasteiger partial charge in [0, 0.05) is 19.8 Å². The first-order valence-electron chi connectivity index (χ1n) is 5.69. The van der Waals surface area contributed by atoms with E-state index in [4.69, 9.17) is 17.3 Å². The average molecular weight is 285 g/mol. The summed E-state index contributed by atoms with van der Waals surface area (Å²) in [5, 5.41) is 5.77. The second kappa shape index (κ2) is 5.88. The maximum Gasteiger partial charge on any atom is 0.252 e. The van der Waals surface area contributed by atoms with Crippen molar-refractivity contribution in [3.05, 3.63) is 22.8 Å². The Hall–Kier alpha value is -1.82. The molecule has 1 aromatic heterocycles. The van der Waals surface area contributed by atoms with Crippen molar-refractivity contribution in [3.63, 3.8) is 0 Å². The van der Waals surface area contributed by atoms with Crippen molar-refractivity contribution in [1.82, 2.24) is 10.3 Å². The van der Waals surface area contributed by atoms with Gasteiger partial charge in [0.2, 0.25) is 5.91 Å². The molecule has 0 saturated heterocycles. The molecule has 0 atom stereocenters. The second-order valence-electron chi connectivity index (χ2n) is 4.74. The van der Waals surface area contributed by atoms with Gasteiger partial charge >= 0.3 is 0 Å². The molecule has 0 saturated carbocycles. The lowest BCUT2D eigenvalue weighted by Crippen LogP contribution is -2.42. The highest BCUT2D eigenvalue weighted by molar-refractivity contribution is 6.33. The summed E-state index contributed by atoms with van der Waals surface area (Å²) in [7, 11) is 1.68. The van der Waals surface area contributed by atoms with Crippen molar-refractivity contribution in [2.45, 2.75) is 13.8 Å². The monoisotopic (exact) mass is 284 g/mol. The highest BCUT2D eigenvalue weighted by Crippen LogP contribution is 2.19. The van der Waals surface area contributed by atoms with E-state index >= 15 is 0 Å². The number of nitrogens with two attached hydrogens (primary N) is 1. The van der Waals surface area contributed by atoms with Gasteiger partial charge in [0.05, 0.1) is 16.0 Å². The lowest BCUT2D eigenvalue weighted by molar-refractivity contribution is -0.125. The van der Waals surface area contributed by atoms with Crippen molar-refractivity contribution in [2.75, 3.05) is 18.9 Å². The molecule has 19 heavy (non-hydrogen) atoms. The molecule has 104 valence electrons. The number of anilines is 1. The van der Waals surface area contributed by atoms with Gasteiger partial charge in [-0.25, -0.2) is 4.98 Å². The molecule has 7 heteroatoms. The summed E-state index contributed by atoms with van der Waals surface area (Å²) in [4.78, 5) is 27.0. The number of rotatable bonds is 5. The number of pyridine rings is 1. The standard InChI is InChI=1S/C12H17ClN4O2/c1-12(2,11(14)19)6-17-10(18)7-4-8(13)9(15-3)16-5-7/h4-5H,6H2,1-3H3,(H2,14,19)(H,15,16)(H,17,18). The zero-order valence-electron chi connectivity index (χ0n) is 11.1. The van der Waals surface area contributed by atoms with Gasteiger partial charge in [-0.05, 0) is 19.9 Å². The van der Waals surface area contributed by atoms with Crippen molar-refractivity contribution >= 4 is 29.2 Å². The number of aromatic nitrogens is 1. The minimum atomic E-state index is -0.808. The fourth-order valence-electron chi connectivity index (χ4n) is 1.24. The van der Waals surface area contributed by atoms with E-state index in [2.05, 4.69) is 15.6 Å². The highest BCUT2D eigenvalue weighted by Gasteiger charge is 2.25. The first-order valence-corrected chi connectivity index (χ1v) is 6.07. The van der Waals surface area contributed by atoms with Crippen molar-refractivity contribution in [2.24, 2.45) is 11.1 Å². The van der Waals surface area contributed by atoms with E-state index < -0.39 is 11.3 Å². The molecule has 0 aliphatic heterocycles. The molecular weight excluding hydrogens is 268 g/mol. The molecule has 2 amide bonds. The van der Waals surface area contributed by atoms with Gasteiger partial charge in [-0.15, -0.1) is 0 Å². The van der Waals surface area contributed by atoms with E-state index in [0.717, 1.165) is 0 Å². The molecule has 0 aliphatic rings. The Labute approximate surface area is 116 Å². The Morgan fingerprint density at radius 1 is 1.47 bits per heavy atom. The topological polar surface area (TPSA) is 97.1 Å². The molecule has 0 aliphatic carbocycles. The zero-order valence-corrected chi connectivity index (χ0v) is 11.8. The number of carbonyl (C=O) groups is 2. The quantitative estimate of drug-likeness (QED) is 0.752. The summed E-state index contributed by atoms with van der Waals surface area (Å²) in [6.45, 7) is 3.46. The molecule has 0 spiro atoms. The molecule has 0 fully saturated rings. The summed E-state index contributed by atoms with van der Waals surface area (Å²) in [5.41, 5.74) is 4.74. The largest absolute Gasteiger partial charge is 0.372 e. The van der Waals surface area contributed by atoms with Gasteiger partial charge in [-0.1, -0.05) is 11.6 Å². The Morgan fingerprint density at radius 2 is 2.11 bits per heavy atom. The summed E-state index contributed by atoms with van der Waals surface area (Å²) >= 11 is 5.94. The fourth-order valence-corrected chi connectivity index (χ4v) is 1.50. The molecule has 4 N–H and O–H groups in total. The summed E-state index contributed by atoms with van der Waals surface area (Å²) in [6, 6.07) is 1.51. The number of amides is 2. The molecule has 1 heterocycles. The second-order valence-corrected chi connectivity index (χ2v) is 5.14. The van der Waals surface area contributed by atoms with Crippen LogP contribution in [-0.2, 0) is 4.79 Å². The van der Waals surface area contributed by atoms with Gasteiger partial charge < -0.3 is 16.4 Å². The van der Waals surface area contributed by atoms with Crippen LogP contribution in [0.15, 0.2) is 12.3 Å². The minimum Gasteiger partial charge on any atom is -0.372 e. The summed E-state index contributed by atoms with van der Waals surface area (Å²) < 4.78 is 0. The van der Waals surface area contributed by atoms with Gasteiger partial charge in [0.1, 0.15) is 5.82 Å². The van der Waals surface area contributed by atoms with E-state index in [0.29, 0.717) is 16.4 Å². The third kappa shape index (κ3) is 3.82. The number of hydrogen-bond donors (Lipinski definition) is 3. The van der Waals surface area contributed by atoms with Crippen LogP contribution < -0.4 is 16.4 Å². The van der Waals surface area contributed by atoms with Gasteiger partial charge in [0.15, 0.2) is 0 Å². The van der Waals surface area contributed by atoms with Crippen LogP contribution in [0.4, 0.5) is 5.82 Å². The number of hydrogen-bond acceptors (Lipinski definition) is 4. The van der Waals surface area contributed by atoms with Crippen LogP contribution in [0, 0.1) is 5.41 Å². The SMILES string of the molecule is CNc1ncc(C(=O)NCC(C)(C)C(N)=O)cc1Cl. The molecule has 0 unspecified atom stereocenters. The van der Waals surface area contributed by atoms with E-state index in [1.54, 1.807) is 20.9 Å². The molecule has 6 nitrogen and oxygen atoms in total. The minimum absolute atomic E-state index is 0.145. The number of carbonyl (C=O) groups excluding carboxylic acids is 2. The Balaban J connectivity index is 2.74. The zero-order chi connectivity index (χ0) is 14.6. The Morgan fingerprint density at radius 3 is 2.58 bits per heavy atom. The predicted octanol–water partition coefficient (Wildman–Crippen LogP) is 1.02. The summed E-state index contributed by atoms with van der Waals surface area (Å²) in [6.07, 6.45) is 1.41. The van der Waals surface area contributed by atoms with E-state index in [-0.39, 0.29) is 12.5 Å². The summed E-state index contributed by atoms with van der Waals surface area (Å²) in [5.74, 6) is -0.337. The van der Waals surface area contributed by atoms with E-state index in [1.165, 1.54) is 12.3 Å². The average Bonchev–Trinajstić information content (AvgIpc) is 2.35. The van der Waals surface area contributed by atoms with E-state index in [9.17, 15) is 9.59 Å². The predicted molar refractivity (Wildman–Crippen MR) is 74.1 cm³/mol. The van der Waals surface area contributed by atoms with E-state index in [1.807, 2.05) is 0 Å². The fraction of sp³-hybridized carbons (Fsp3) is 0.417. The maximum absolute atomic E-state index is 11.9.